The van der Waals surface area contributed by atoms with Crippen LogP contribution >= 0.6 is 0 Å². The van der Waals surface area contributed by atoms with Crippen molar-refractivity contribution in [2.24, 2.45) is 5.73 Å². The molecule has 6 N–H and O–H groups in total. The Morgan fingerprint density at radius 3 is 2.08 bits per heavy atom. The lowest BCUT2D eigenvalue weighted by molar-refractivity contribution is -0.150. The van der Waals surface area contributed by atoms with Gasteiger partial charge < -0.3 is 17.0 Å². The van der Waals surface area contributed by atoms with Gasteiger partial charge in [-0.25, -0.2) is 4.79 Å². The Morgan fingerprint density at radius 1 is 1.58 bits per heavy atom. The lowest BCUT2D eigenvalue weighted by atomic mass is 10.0. The molecule has 0 rings (SSSR count). The average molecular weight is 177 g/mol. The zero-order chi connectivity index (χ0) is 9.07. The van der Waals surface area contributed by atoms with E-state index in [0.717, 1.165) is 6.42 Å². The van der Waals surface area contributed by atoms with Gasteiger partial charge in [0.05, 0.1) is 0 Å². The van der Waals surface area contributed by atoms with Crippen LogP contribution in [0.3, 0.4) is 0 Å². The molecule has 0 amide bonds. The van der Waals surface area contributed by atoms with Gasteiger partial charge in [-0.05, 0) is 20.5 Å². The predicted octanol–water partition coefficient (Wildman–Crippen LogP) is 0.250. The van der Waals surface area contributed by atoms with Crippen LogP contribution in [-0.4, -0.2) is 35.7 Å². The second-order valence-corrected chi connectivity index (χ2v) is 2.87. The van der Waals surface area contributed by atoms with Crippen LogP contribution < -0.4 is 11.9 Å². The fourth-order valence-electron chi connectivity index (χ4n) is 0.903. The molecule has 0 aliphatic carbocycles. The largest absolute Gasteiger partial charge is 0.479 e. The molecule has 0 heterocycles. The van der Waals surface area contributed by atoms with Gasteiger partial charge in [0.25, 0.3) is 0 Å². The first-order chi connectivity index (χ1) is 4.95. The molecule has 0 aromatic heterocycles. The molecule has 5 heteroatoms. The lowest BCUT2D eigenvalue weighted by Gasteiger charge is -2.31. The van der Waals surface area contributed by atoms with E-state index in [1.54, 1.807) is 14.1 Å². The summed E-state index contributed by atoms with van der Waals surface area (Å²) in [7, 11) is 3.34. The van der Waals surface area contributed by atoms with Crippen LogP contribution in [0.5, 0.6) is 0 Å². The molecule has 12 heavy (non-hydrogen) atoms. The van der Waals surface area contributed by atoms with E-state index in [1.165, 1.54) is 4.90 Å². The van der Waals surface area contributed by atoms with Crippen LogP contribution in [0.4, 0.5) is 0 Å². The number of carboxylic acid groups (broad SMARTS) is 1. The Bertz CT molecular complexity index is 150. The van der Waals surface area contributed by atoms with Crippen molar-refractivity contribution in [3.05, 3.63) is 0 Å². The molecule has 0 aliphatic heterocycles. The lowest BCUT2D eigenvalue weighted by Crippen LogP contribution is -2.58. The maximum Gasteiger partial charge on any atom is 0.338 e. The van der Waals surface area contributed by atoms with Gasteiger partial charge >= 0.3 is 5.97 Å². The van der Waals surface area contributed by atoms with Gasteiger partial charge in [-0.15, -0.1) is 0 Å². The molecule has 0 spiro atoms. The first kappa shape index (κ1) is 13.9. The number of nitrogens with zero attached hydrogens (tertiary/aromatic N) is 1. The number of carbonyl (C=O) groups is 1. The Morgan fingerprint density at radius 2 is 2.00 bits per heavy atom. The number of aliphatic carboxylic acids is 1. The molecule has 0 aromatic rings. The SMILES string of the molecule is CCCC(N)(C(=O)O)N(C)C.N. The zero-order valence-corrected chi connectivity index (χ0v) is 8.00. The second-order valence-electron chi connectivity index (χ2n) is 2.87. The van der Waals surface area contributed by atoms with Crippen molar-refractivity contribution in [1.29, 1.82) is 0 Å². The van der Waals surface area contributed by atoms with E-state index >= 15 is 0 Å². The molecule has 0 saturated carbocycles. The minimum absolute atomic E-state index is 0. The van der Waals surface area contributed by atoms with Crippen molar-refractivity contribution in [2.45, 2.75) is 25.4 Å². The standard InChI is InChI=1S/C7H16N2O2.H3N/c1-4-5-7(8,6(10)11)9(2)3;/h4-5,8H2,1-3H3,(H,10,11);1H3. The van der Waals surface area contributed by atoms with Gasteiger partial charge in [0.1, 0.15) is 0 Å². The minimum atomic E-state index is -1.20. The monoisotopic (exact) mass is 177 g/mol. The highest BCUT2D eigenvalue weighted by molar-refractivity contribution is 5.77. The normalized spacial score (nSPS) is 15.1. The van der Waals surface area contributed by atoms with E-state index in [0.29, 0.717) is 6.42 Å². The zero-order valence-electron chi connectivity index (χ0n) is 8.00. The smallest absolute Gasteiger partial charge is 0.338 e. The van der Waals surface area contributed by atoms with Crippen LogP contribution in [0, 0.1) is 0 Å². The van der Waals surface area contributed by atoms with Crippen LogP contribution in [0.2, 0.25) is 0 Å². The van der Waals surface area contributed by atoms with Gasteiger partial charge in [-0.1, -0.05) is 13.3 Å². The minimum Gasteiger partial charge on any atom is -0.479 e. The number of carboxylic acids is 1. The van der Waals surface area contributed by atoms with Gasteiger partial charge in [-0.2, -0.15) is 0 Å². The van der Waals surface area contributed by atoms with E-state index in [9.17, 15) is 4.79 Å². The van der Waals surface area contributed by atoms with E-state index in [4.69, 9.17) is 10.8 Å². The number of hydrogen-bond donors (Lipinski definition) is 3. The van der Waals surface area contributed by atoms with E-state index in [1.807, 2.05) is 6.92 Å². The van der Waals surface area contributed by atoms with Crippen LogP contribution in [-0.2, 0) is 4.79 Å². The molecule has 0 bridgehead atoms. The molecule has 0 radical (unpaired) electrons. The third-order valence-corrected chi connectivity index (χ3v) is 1.80. The molecule has 0 aliphatic rings. The Kier molecular flexibility index (Phi) is 5.88. The predicted molar refractivity (Wildman–Crippen MR) is 48.2 cm³/mol. The molecule has 1 unspecified atom stereocenters. The van der Waals surface area contributed by atoms with Crippen LogP contribution in [0.1, 0.15) is 19.8 Å². The third kappa shape index (κ3) is 2.77. The van der Waals surface area contributed by atoms with Gasteiger partial charge in [0.2, 0.25) is 0 Å². The van der Waals surface area contributed by atoms with Gasteiger partial charge in [0, 0.05) is 0 Å². The summed E-state index contributed by atoms with van der Waals surface area (Å²) in [5, 5.41) is 8.77. The Balaban J connectivity index is 0. The summed E-state index contributed by atoms with van der Waals surface area (Å²) in [6, 6.07) is 0. The fourth-order valence-corrected chi connectivity index (χ4v) is 0.903. The van der Waals surface area contributed by atoms with Crippen molar-refractivity contribution < 1.29 is 9.90 Å². The molecular weight excluding hydrogens is 158 g/mol. The Hall–Kier alpha value is -0.650. The second kappa shape index (κ2) is 5.08. The van der Waals surface area contributed by atoms with Gasteiger partial charge in [-0.3, -0.25) is 4.90 Å². The van der Waals surface area contributed by atoms with Crippen molar-refractivity contribution in [2.75, 3.05) is 14.1 Å². The average Bonchev–Trinajstić information content (AvgIpc) is 1.87. The topological polar surface area (TPSA) is 102 Å². The van der Waals surface area contributed by atoms with Crippen LogP contribution in [0.25, 0.3) is 0 Å². The molecule has 74 valence electrons. The van der Waals surface area contributed by atoms with Crippen molar-refractivity contribution in [3.63, 3.8) is 0 Å². The number of rotatable bonds is 4. The highest BCUT2D eigenvalue weighted by Gasteiger charge is 2.34. The van der Waals surface area contributed by atoms with Crippen LogP contribution in [0.15, 0.2) is 0 Å². The fraction of sp³-hybridized carbons (Fsp3) is 0.857. The number of likely N-dealkylation sites (N-methyl/N-ethyl adjacent to an activating group) is 1. The molecular formula is C7H19N3O2. The summed E-state index contributed by atoms with van der Waals surface area (Å²) >= 11 is 0. The van der Waals surface area contributed by atoms with Crippen molar-refractivity contribution >= 4 is 5.97 Å². The summed E-state index contributed by atoms with van der Waals surface area (Å²) in [5.41, 5.74) is 4.42. The summed E-state index contributed by atoms with van der Waals surface area (Å²) in [6.07, 6.45) is 1.23. The highest BCUT2D eigenvalue weighted by atomic mass is 16.4. The summed E-state index contributed by atoms with van der Waals surface area (Å²) in [6.45, 7) is 1.91. The summed E-state index contributed by atoms with van der Waals surface area (Å²) in [4.78, 5) is 12.2. The summed E-state index contributed by atoms with van der Waals surface area (Å²) < 4.78 is 0. The van der Waals surface area contributed by atoms with Crippen molar-refractivity contribution in [3.8, 4) is 0 Å². The Labute approximate surface area is 73.1 Å². The molecule has 1 atom stereocenters. The first-order valence-electron chi connectivity index (χ1n) is 3.65. The third-order valence-electron chi connectivity index (χ3n) is 1.80. The highest BCUT2D eigenvalue weighted by Crippen LogP contribution is 2.11. The van der Waals surface area contributed by atoms with Gasteiger partial charge in [0.15, 0.2) is 5.66 Å². The quantitative estimate of drug-likeness (QED) is 0.534. The summed E-state index contributed by atoms with van der Waals surface area (Å²) in [5.74, 6) is -0.968. The van der Waals surface area contributed by atoms with E-state index in [-0.39, 0.29) is 6.15 Å². The van der Waals surface area contributed by atoms with E-state index in [2.05, 4.69) is 0 Å². The maximum atomic E-state index is 10.7. The number of nitrogens with two attached hydrogens (primary N) is 1. The van der Waals surface area contributed by atoms with Crippen molar-refractivity contribution in [1.82, 2.24) is 11.1 Å². The number of hydrogen-bond acceptors (Lipinski definition) is 4. The molecule has 5 nitrogen and oxygen atoms in total. The maximum absolute atomic E-state index is 10.7. The molecule has 0 saturated heterocycles. The van der Waals surface area contributed by atoms with E-state index < -0.39 is 11.6 Å². The molecule has 0 aromatic carbocycles. The first-order valence-corrected chi connectivity index (χ1v) is 3.65. The molecule has 0 fully saturated rings.